The lowest BCUT2D eigenvalue weighted by Gasteiger charge is -2.06. The molecule has 5 aromatic rings. The molecule has 168 valence electrons. The molecule has 6 nitrogen and oxygen atoms in total. The molecular weight excluding hydrogens is 466 g/mol. The van der Waals surface area contributed by atoms with E-state index in [4.69, 9.17) is 16.7 Å². The molecule has 0 unspecified atom stereocenters. The van der Waals surface area contributed by atoms with Crippen LogP contribution in [0.15, 0.2) is 96.2 Å². The van der Waals surface area contributed by atoms with Crippen LogP contribution < -0.4 is 5.32 Å². The molecule has 0 aliphatic carbocycles. The van der Waals surface area contributed by atoms with Gasteiger partial charge in [0.05, 0.1) is 11.4 Å². The number of carbonyl (C=O) groups is 1. The van der Waals surface area contributed by atoms with E-state index in [0.717, 1.165) is 22.4 Å². The summed E-state index contributed by atoms with van der Waals surface area (Å²) in [6.45, 7) is 0.443. The second-order valence-corrected chi connectivity index (χ2v) is 8.99. The topological polar surface area (TPSA) is 72.2 Å². The molecule has 0 fully saturated rings. The van der Waals surface area contributed by atoms with E-state index in [9.17, 15) is 4.79 Å². The number of hydrogen-bond donors (Lipinski definition) is 1. The maximum atomic E-state index is 12.3. The van der Waals surface area contributed by atoms with Gasteiger partial charge in [-0.3, -0.25) is 4.79 Å². The van der Waals surface area contributed by atoms with Gasteiger partial charge in [0, 0.05) is 17.1 Å². The third kappa shape index (κ3) is 5.11. The van der Waals surface area contributed by atoms with Crippen molar-refractivity contribution in [2.75, 3.05) is 5.75 Å². The summed E-state index contributed by atoms with van der Waals surface area (Å²) in [7, 11) is 0. The van der Waals surface area contributed by atoms with Gasteiger partial charge >= 0.3 is 0 Å². The van der Waals surface area contributed by atoms with E-state index in [-0.39, 0.29) is 11.7 Å². The zero-order valence-electron chi connectivity index (χ0n) is 18.1. The van der Waals surface area contributed by atoms with E-state index < -0.39 is 0 Å². The maximum Gasteiger partial charge on any atom is 0.230 e. The van der Waals surface area contributed by atoms with Gasteiger partial charge in [-0.25, -0.2) is 0 Å². The number of thioether (sulfide) groups is 1. The van der Waals surface area contributed by atoms with Gasteiger partial charge in [0.1, 0.15) is 0 Å². The summed E-state index contributed by atoms with van der Waals surface area (Å²) < 4.78 is 1.68. The van der Waals surface area contributed by atoms with E-state index in [0.29, 0.717) is 22.4 Å². The normalized spacial score (nSPS) is 11.0. The zero-order valence-corrected chi connectivity index (χ0v) is 19.6. The Hall–Kier alpha value is -3.68. The number of nitrogens with zero attached hydrogens (tertiary/aromatic N) is 4. The standard InChI is InChI=1S/C26H20ClN5OS/c27-22-12-6-18(7-13-22)16-28-25(33)17-34-26-30-29-24-15-14-23(31-32(24)26)21-10-8-20(9-11-21)19-4-2-1-3-5-19/h1-15H,16-17H2,(H,28,33). The fourth-order valence-corrected chi connectivity index (χ4v) is 4.30. The largest absolute Gasteiger partial charge is 0.351 e. The Bertz CT molecular complexity index is 1420. The Morgan fingerprint density at radius 3 is 2.29 bits per heavy atom. The SMILES string of the molecule is O=C(CSc1nnc2ccc(-c3ccc(-c4ccccc4)cc3)nn12)NCc1ccc(Cl)cc1. The summed E-state index contributed by atoms with van der Waals surface area (Å²) in [5.41, 5.74) is 5.74. The number of amides is 1. The summed E-state index contributed by atoms with van der Waals surface area (Å²) in [4.78, 5) is 12.3. The Morgan fingerprint density at radius 1 is 0.824 bits per heavy atom. The number of carbonyl (C=O) groups excluding carboxylic acids is 1. The number of aromatic nitrogens is 4. The molecule has 5 rings (SSSR count). The van der Waals surface area contributed by atoms with E-state index in [1.807, 2.05) is 42.5 Å². The van der Waals surface area contributed by atoms with Gasteiger partial charge in [0.15, 0.2) is 5.65 Å². The molecule has 0 atom stereocenters. The van der Waals surface area contributed by atoms with Crippen LogP contribution in [0, 0.1) is 0 Å². The van der Waals surface area contributed by atoms with Crippen molar-refractivity contribution in [3.63, 3.8) is 0 Å². The Labute approximate surface area is 206 Å². The molecule has 1 N–H and O–H groups in total. The van der Waals surface area contributed by atoms with Gasteiger partial charge in [-0.15, -0.1) is 10.2 Å². The molecule has 0 aliphatic heterocycles. The second kappa shape index (κ2) is 10.1. The number of hydrogen-bond acceptors (Lipinski definition) is 5. The van der Waals surface area contributed by atoms with E-state index in [2.05, 4.69) is 51.9 Å². The van der Waals surface area contributed by atoms with Crippen LogP contribution in [0.1, 0.15) is 5.56 Å². The van der Waals surface area contributed by atoms with Crippen LogP contribution in [0.3, 0.4) is 0 Å². The highest BCUT2D eigenvalue weighted by atomic mass is 35.5. The number of fused-ring (bicyclic) bond motifs is 1. The number of benzene rings is 3. The molecule has 0 saturated heterocycles. The van der Waals surface area contributed by atoms with Crippen molar-refractivity contribution >= 4 is 34.9 Å². The van der Waals surface area contributed by atoms with Crippen molar-refractivity contribution < 1.29 is 4.79 Å². The highest BCUT2D eigenvalue weighted by Gasteiger charge is 2.12. The van der Waals surface area contributed by atoms with E-state index in [1.54, 1.807) is 16.6 Å². The molecule has 0 spiro atoms. The molecule has 8 heteroatoms. The second-order valence-electron chi connectivity index (χ2n) is 7.61. The van der Waals surface area contributed by atoms with Gasteiger partial charge < -0.3 is 5.32 Å². The lowest BCUT2D eigenvalue weighted by Crippen LogP contribution is -2.24. The molecule has 0 bridgehead atoms. The highest BCUT2D eigenvalue weighted by Crippen LogP contribution is 2.25. The van der Waals surface area contributed by atoms with Gasteiger partial charge in [0.2, 0.25) is 11.1 Å². The van der Waals surface area contributed by atoms with Crippen LogP contribution in [-0.2, 0) is 11.3 Å². The van der Waals surface area contributed by atoms with Crippen molar-refractivity contribution in [1.82, 2.24) is 25.1 Å². The molecule has 2 aromatic heterocycles. The van der Waals surface area contributed by atoms with Crippen molar-refractivity contribution in [2.24, 2.45) is 0 Å². The molecule has 34 heavy (non-hydrogen) atoms. The molecule has 0 radical (unpaired) electrons. The van der Waals surface area contributed by atoms with Crippen molar-refractivity contribution in [2.45, 2.75) is 11.7 Å². The average molecular weight is 486 g/mol. The van der Waals surface area contributed by atoms with Crippen LogP contribution in [0.2, 0.25) is 5.02 Å². The van der Waals surface area contributed by atoms with Crippen LogP contribution in [0.5, 0.6) is 0 Å². The lowest BCUT2D eigenvalue weighted by atomic mass is 10.0. The summed E-state index contributed by atoms with van der Waals surface area (Å²) >= 11 is 7.20. The highest BCUT2D eigenvalue weighted by molar-refractivity contribution is 7.99. The Morgan fingerprint density at radius 2 is 1.53 bits per heavy atom. The number of rotatable bonds is 7. The van der Waals surface area contributed by atoms with Crippen LogP contribution in [0.4, 0.5) is 0 Å². The quantitative estimate of drug-likeness (QED) is 0.307. The first-order valence-corrected chi connectivity index (χ1v) is 12.0. The fraction of sp³-hybridized carbons (Fsp3) is 0.0769. The van der Waals surface area contributed by atoms with Crippen LogP contribution in [-0.4, -0.2) is 31.5 Å². The van der Waals surface area contributed by atoms with E-state index >= 15 is 0 Å². The van der Waals surface area contributed by atoms with Gasteiger partial charge in [-0.1, -0.05) is 90.1 Å². The number of nitrogens with one attached hydrogen (secondary N) is 1. The molecule has 0 saturated carbocycles. The fourth-order valence-electron chi connectivity index (χ4n) is 3.46. The molecular formula is C26H20ClN5OS. The predicted molar refractivity (Wildman–Crippen MR) is 136 cm³/mol. The third-order valence-electron chi connectivity index (χ3n) is 5.26. The van der Waals surface area contributed by atoms with Gasteiger partial charge in [-0.2, -0.15) is 9.61 Å². The Balaban J connectivity index is 1.26. The first kappa shape index (κ1) is 22.1. The maximum absolute atomic E-state index is 12.3. The minimum absolute atomic E-state index is 0.0932. The number of halogens is 1. The lowest BCUT2D eigenvalue weighted by molar-refractivity contribution is -0.118. The molecule has 3 aromatic carbocycles. The molecule has 2 heterocycles. The smallest absolute Gasteiger partial charge is 0.230 e. The summed E-state index contributed by atoms with van der Waals surface area (Å²) in [6, 6.07) is 29.7. The first-order chi connectivity index (χ1) is 16.7. The monoisotopic (exact) mass is 485 g/mol. The minimum atomic E-state index is -0.0932. The third-order valence-corrected chi connectivity index (χ3v) is 6.43. The molecule has 1 amide bonds. The summed E-state index contributed by atoms with van der Waals surface area (Å²) in [6.07, 6.45) is 0. The Kier molecular flexibility index (Phi) is 6.56. The predicted octanol–water partition coefficient (Wildman–Crippen LogP) is 5.52. The zero-order chi connectivity index (χ0) is 23.3. The minimum Gasteiger partial charge on any atom is -0.351 e. The van der Waals surface area contributed by atoms with Crippen LogP contribution in [0.25, 0.3) is 28.0 Å². The van der Waals surface area contributed by atoms with Crippen molar-refractivity contribution in [3.05, 3.63) is 102 Å². The van der Waals surface area contributed by atoms with Crippen molar-refractivity contribution in [1.29, 1.82) is 0 Å². The summed E-state index contributed by atoms with van der Waals surface area (Å²) in [5.74, 6) is 0.121. The average Bonchev–Trinajstić information content (AvgIpc) is 3.30. The molecule has 0 aliphatic rings. The van der Waals surface area contributed by atoms with Crippen LogP contribution >= 0.6 is 23.4 Å². The van der Waals surface area contributed by atoms with Crippen molar-refractivity contribution in [3.8, 4) is 22.4 Å². The van der Waals surface area contributed by atoms with E-state index in [1.165, 1.54) is 17.3 Å². The summed E-state index contributed by atoms with van der Waals surface area (Å²) in [5, 5.41) is 17.2. The van der Waals surface area contributed by atoms with Gasteiger partial charge in [0.25, 0.3) is 0 Å². The first-order valence-electron chi connectivity index (χ1n) is 10.7. The van der Waals surface area contributed by atoms with Gasteiger partial charge in [-0.05, 0) is 41.0 Å².